The Bertz CT molecular complexity index is 509. The predicted molar refractivity (Wildman–Crippen MR) is 78.1 cm³/mol. The Hall–Kier alpha value is -1.86. The van der Waals surface area contributed by atoms with Crippen molar-refractivity contribution < 1.29 is 19.2 Å². The van der Waals surface area contributed by atoms with Gasteiger partial charge in [0.2, 0.25) is 0 Å². The van der Waals surface area contributed by atoms with Crippen LogP contribution < -0.4 is 4.74 Å². The van der Waals surface area contributed by atoms with Crippen LogP contribution in [0.2, 0.25) is 0 Å². The van der Waals surface area contributed by atoms with E-state index in [2.05, 4.69) is 0 Å². The molecule has 1 amide bonds. The molecular formula is C13H17ClN2O5. The summed E-state index contributed by atoms with van der Waals surface area (Å²) in [4.78, 5) is 24.2. The maximum atomic E-state index is 12.4. The Morgan fingerprint density at radius 3 is 2.62 bits per heavy atom. The van der Waals surface area contributed by atoms with Crippen LogP contribution in [0.3, 0.4) is 0 Å². The number of hydrogen-bond acceptors (Lipinski definition) is 5. The maximum absolute atomic E-state index is 12.4. The fourth-order valence-corrected chi connectivity index (χ4v) is 1.97. The highest BCUT2D eigenvalue weighted by atomic mass is 35.5. The van der Waals surface area contributed by atoms with Crippen molar-refractivity contribution in [3.8, 4) is 5.75 Å². The molecule has 7 nitrogen and oxygen atoms in total. The van der Waals surface area contributed by atoms with Gasteiger partial charge in [-0.3, -0.25) is 14.9 Å². The molecule has 0 aromatic heterocycles. The molecule has 0 saturated heterocycles. The third-order valence-electron chi connectivity index (χ3n) is 2.83. The van der Waals surface area contributed by atoms with E-state index in [0.717, 1.165) is 0 Å². The minimum absolute atomic E-state index is 0.0448. The number of benzene rings is 1. The van der Waals surface area contributed by atoms with E-state index in [4.69, 9.17) is 21.1 Å². The summed E-state index contributed by atoms with van der Waals surface area (Å²) >= 11 is 5.68. The zero-order chi connectivity index (χ0) is 15.8. The van der Waals surface area contributed by atoms with Gasteiger partial charge in [0.15, 0.2) is 5.75 Å². The summed E-state index contributed by atoms with van der Waals surface area (Å²) in [5.74, 6) is 0.0591. The average molecular weight is 317 g/mol. The number of nitrogens with zero attached hydrogens (tertiary/aromatic N) is 2. The smallest absolute Gasteiger partial charge is 0.310 e. The molecule has 0 atom stereocenters. The summed E-state index contributed by atoms with van der Waals surface area (Å²) in [6, 6.07) is 4.01. The molecule has 0 aliphatic carbocycles. The molecule has 8 heteroatoms. The van der Waals surface area contributed by atoms with Gasteiger partial charge in [0.25, 0.3) is 5.91 Å². The largest absolute Gasteiger partial charge is 0.490 e. The summed E-state index contributed by atoms with van der Waals surface area (Å²) in [5.41, 5.74) is 0.119. The molecule has 116 valence electrons. The van der Waals surface area contributed by atoms with E-state index in [-0.39, 0.29) is 17.3 Å². The molecule has 1 aromatic rings. The lowest BCUT2D eigenvalue weighted by Gasteiger charge is -2.21. The second-order valence-corrected chi connectivity index (χ2v) is 4.50. The Morgan fingerprint density at radius 2 is 2.10 bits per heavy atom. The fourth-order valence-electron chi connectivity index (χ4n) is 1.76. The minimum Gasteiger partial charge on any atom is -0.490 e. The van der Waals surface area contributed by atoms with E-state index < -0.39 is 4.92 Å². The molecule has 0 radical (unpaired) electrons. The van der Waals surface area contributed by atoms with Crippen LogP contribution >= 0.6 is 11.6 Å². The Labute approximate surface area is 127 Å². The van der Waals surface area contributed by atoms with Crippen LogP contribution in [-0.4, -0.2) is 55.5 Å². The van der Waals surface area contributed by atoms with Gasteiger partial charge in [-0.05, 0) is 6.07 Å². The van der Waals surface area contributed by atoms with Crippen molar-refractivity contribution in [3.05, 3.63) is 33.9 Å². The van der Waals surface area contributed by atoms with Crippen molar-refractivity contribution in [2.75, 3.05) is 39.8 Å². The molecule has 0 aliphatic heterocycles. The topological polar surface area (TPSA) is 81.9 Å². The lowest BCUT2D eigenvalue weighted by atomic mass is 10.1. The number of halogens is 1. The van der Waals surface area contributed by atoms with Crippen molar-refractivity contribution in [1.82, 2.24) is 4.90 Å². The molecule has 0 saturated carbocycles. The van der Waals surface area contributed by atoms with Gasteiger partial charge in [-0.25, -0.2) is 0 Å². The summed E-state index contributed by atoms with van der Waals surface area (Å²) in [7, 11) is 2.86. The summed E-state index contributed by atoms with van der Waals surface area (Å²) in [6.45, 7) is 1.14. The molecule has 0 N–H and O–H groups in total. The summed E-state index contributed by atoms with van der Waals surface area (Å²) in [5, 5.41) is 10.8. The molecule has 0 fully saturated rings. The lowest BCUT2D eigenvalue weighted by molar-refractivity contribution is -0.385. The first-order chi connectivity index (χ1) is 10.0. The minimum atomic E-state index is -0.561. The second-order valence-electron chi connectivity index (χ2n) is 4.12. The highest BCUT2D eigenvalue weighted by molar-refractivity contribution is 6.18. The number of nitro benzene ring substituents is 1. The molecule has 1 aromatic carbocycles. The standard InChI is InChI=1S/C13H17ClN2O5/c1-20-8-7-15(6-5-14)13(17)10-3-4-11(16(18)19)12(9-10)21-2/h3-4,9H,5-8H2,1-2H3. The monoisotopic (exact) mass is 316 g/mol. The zero-order valence-corrected chi connectivity index (χ0v) is 12.6. The zero-order valence-electron chi connectivity index (χ0n) is 11.9. The maximum Gasteiger partial charge on any atom is 0.310 e. The first-order valence-corrected chi connectivity index (χ1v) is 6.75. The van der Waals surface area contributed by atoms with Crippen molar-refractivity contribution in [3.63, 3.8) is 0 Å². The fraction of sp³-hybridized carbons (Fsp3) is 0.462. The van der Waals surface area contributed by atoms with Crippen molar-refractivity contribution in [2.24, 2.45) is 0 Å². The van der Waals surface area contributed by atoms with E-state index in [9.17, 15) is 14.9 Å². The van der Waals surface area contributed by atoms with E-state index in [1.165, 1.54) is 37.3 Å². The van der Waals surface area contributed by atoms with Gasteiger partial charge in [0.05, 0.1) is 18.6 Å². The molecule has 0 heterocycles. The number of ether oxygens (including phenoxy) is 2. The molecular weight excluding hydrogens is 300 g/mol. The summed E-state index contributed by atoms with van der Waals surface area (Å²) in [6.07, 6.45) is 0. The Morgan fingerprint density at radius 1 is 1.38 bits per heavy atom. The first kappa shape index (κ1) is 17.2. The van der Waals surface area contributed by atoms with E-state index >= 15 is 0 Å². The second kappa shape index (κ2) is 8.43. The van der Waals surface area contributed by atoms with Crippen LogP contribution in [0, 0.1) is 10.1 Å². The molecule has 0 spiro atoms. The molecule has 0 bridgehead atoms. The molecule has 0 unspecified atom stereocenters. The van der Waals surface area contributed by atoms with Crippen molar-refractivity contribution in [1.29, 1.82) is 0 Å². The number of nitro groups is 1. The van der Waals surface area contributed by atoms with Crippen molar-refractivity contribution >= 4 is 23.2 Å². The predicted octanol–water partition coefficient (Wildman–Crippen LogP) is 1.93. The quantitative estimate of drug-likeness (QED) is 0.416. The number of carbonyl (C=O) groups is 1. The average Bonchev–Trinajstić information content (AvgIpc) is 2.49. The molecule has 21 heavy (non-hydrogen) atoms. The highest BCUT2D eigenvalue weighted by Crippen LogP contribution is 2.28. The van der Waals surface area contributed by atoms with Gasteiger partial charge in [0.1, 0.15) is 0 Å². The third kappa shape index (κ3) is 4.57. The van der Waals surface area contributed by atoms with E-state index in [1.807, 2.05) is 0 Å². The van der Waals surface area contributed by atoms with Gasteiger partial charge in [-0.1, -0.05) is 0 Å². The number of rotatable bonds is 8. The van der Waals surface area contributed by atoms with Gasteiger partial charge in [0, 0.05) is 43.8 Å². The highest BCUT2D eigenvalue weighted by Gasteiger charge is 2.20. The Balaban J connectivity index is 3.01. The summed E-state index contributed by atoms with van der Waals surface area (Å²) < 4.78 is 9.90. The third-order valence-corrected chi connectivity index (χ3v) is 3.00. The van der Waals surface area contributed by atoms with Gasteiger partial charge in [-0.15, -0.1) is 11.6 Å². The van der Waals surface area contributed by atoms with Gasteiger partial charge >= 0.3 is 5.69 Å². The number of carbonyl (C=O) groups excluding carboxylic acids is 1. The molecule has 1 rings (SSSR count). The Kier molecular flexibility index (Phi) is 6.90. The molecule has 0 aliphatic rings. The van der Waals surface area contributed by atoms with Gasteiger partial charge < -0.3 is 14.4 Å². The van der Waals surface area contributed by atoms with Crippen LogP contribution in [0.5, 0.6) is 5.75 Å². The van der Waals surface area contributed by atoms with Gasteiger partial charge in [-0.2, -0.15) is 0 Å². The van der Waals surface area contributed by atoms with Crippen LogP contribution in [0.25, 0.3) is 0 Å². The number of hydrogen-bond donors (Lipinski definition) is 0. The van der Waals surface area contributed by atoms with Crippen LogP contribution in [-0.2, 0) is 4.74 Å². The van der Waals surface area contributed by atoms with Crippen LogP contribution in [0.4, 0.5) is 5.69 Å². The van der Waals surface area contributed by atoms with Crippen LogP contribution in [0.1, 0.15) is 10.4 Å². The normalized spacial score (nSPS) is 10.2. The number of alkyl halides is 1. The number of amides is 1. The first-order valence-electron chi connectivity index (χ1n) is 6.21. The van der Waals surface area contributed by atoms with Crippen LogP contribution in [0.15, 0.2) is 18.2 Å². The van der Waals surface area contributed by atoms with E-state index in [1.54, 1.807) is 0 Å². The van der Waals surface area contributed by atoms with E-state index in [0.29, 0.717) is 31.1 Å². The number of methoxy groups -OCH3 is 2. The SMILES string of the molecule is COCCN(CCCl)C(=O)c1ccc([N+](=O)[O-])c(OC)c1. The van der Waals surface area contributed by atoms with Crippen molar-refractivity contribution in [2.45, 2.75) is 0 Å². The lowest BCUT2D eigenvalue weighted by Crippen LogP contribution is -2.35.